The third-order valence-electron chi connectivity index (χ3n) is 3.16. The molecular formula is C14H17F3NO2S+. The summed E-state index contributed by atoms with van der Waals surface area (Å²) in [7, 11) is -0.269. The Morgan fingerprint density at radius 2 is 1.95 bits per heavy atom. The summed E-state index contributed by atoms with van der Waals surface area (Å²) in [5.41, 5.74) is 0.657. The summed E-state index contributed by atoms with van der Waals surface area (Å²) in [5.74, 6) is -0.420. The van der Waals surface area contributed by atoms with Gasteiger partial charge in [-0.2, -0.15) is 13.2 Å². The largest absolute Gasteiger partial charge is 0.433 e. The predicted molar refractivity (Wildman–Crippen MR) is 75.9 cm³/mol. The molecule has 1 aliphatic heterocycles. The normalized spacial score (nSPS) is 22.9. The number of rotatable bonds is 3. The van der Waals surface area contributed by atoms with E-state index in [1.54, 1.807) is 30.3 Å². The molecule has 7 heteroatoms. The Kier molecular flexibility index (Phi) is 4.83. The Morgan fingerprint density at radius 3 is 2.48 bits per heavy atom. The first kappa shape index (κ1) is 16.2. The highest BCUT2D eigenvalue weighted by molar-refractivity contribution is 7.96. The Bertz CT molecular complexity index is 493. The number of carbonyl (C=O) groups excluding carboxylic acids is 1. The van der Waals surface area contributed by atoms with E-state index in [0.717, 1.165) is 4.90 Å². The van der Waals surface area contributed by atoms with Gasteiger partial charge in [-0.3, -0.25) is 9.69 Å². The van der Waals surface area contributed by atoms with E-state index in [1.165, 1.54) is 0 Å². The Balaban J connectivity index is 2.30. The van der Waals surface area contributed by atoms with Crippen LogP contribution in [0.1, 0.15) is 11.6 Å². The third kappa shape index (κ3) is 3.71. The molecule has 1 aromatic rings. The molecule has 3 nitrogen and oxygen atoms in total. The summed E-state index contributed by atoms with van der Waals surface area (Å²) in [6.45, 7) is -0.138. The van der Waals surface area contributed by atoms with Crippen LogP contribution in [0.25, 0.3) is 0 Å². The van der Waals surface area contributed by atoms with E-state index in [1.807, 2.05) is 12.5 Å². The van der Waals surface area contributed by atoms with Gasteiger partial charge < -0.3 is 4.74 Å². The molecule has 1 heterocycles. The zero-order chi connectivity index (χ0) is 15.6. The maximum Gasteiger partial charge on any atom is 0.433 e. The van der Waals surface area contributed by atoms with Crippen LogP contribution in [0, 0.1) is 0 Å². The smallest absolute Gasteiger partial charge is 0.347 e. The Morgan fingerprint density at radius 1 is 1.33 bits per heavy atom. The number of alkyl halides is 3. The van der Waals surface area contributed by atoms with Gasteiger partial charge in [0.1, 0.15) is 0 Å². The van der Waals surface area contributed by atoms with Crippen LogP contribution in [-0.2, 0) is 20.4 Å². The van der Waals surface area contributed by atoms with Crippen molar-refractivity contribution in [1.82, 2.24) is 4.90 Å². The van der Waals surface area contributed by atoms with Gasteiger partial charge in [0.2, 0.25) is 6.23 Å². The first-order valence-electron chi connectivity index (χ1n) is 6.39. The van der Waals surface area contributed by atoms with Crippen molar-refractivity contribution >= 4 is 16.8 Å². The fourth-order valence-electron chi connectivity index (χ4n) is 2.32. The number of carbonyl (C=O) groups is 1. The molecule has 21 heavy (non-hydrogen) atoms. The van der Waals surface area contributed by atoms with E-state index >= 15 is 0 Å². The molecule has 0 saturated carbocycles. The van der Waals surface area contributed by atoms with Crippen LogP contribution in [-0.4, -0.2) is 48.1 Å². The first-order valence-corrected chi connectivity index (χ1v) is 8.60. The lowest BCUT2D eigenvalue weighted by molar-refractivity contribution is -0.239. The van der Waals surface area contributed by atoms with Crippen LogP contribution in [0.2, 0.25) is 0 Å². The molecule has 1 fully saturated rings. The second kappa shape index (κ2) is 6.27. The van der Waals surface area contributed by atoms with Crippen molar-refractivity contribution in [2.75, 3.05) is 24.9 Å². The molecule has 1 aromatic carbocycles. The monoisotopic (exact) mass is 320 g/mol. The van der Waals surface area contributed by atoms with Gasteiger partial charge >= 0.3 is 6.18 Å². The maximum absolute atomic E-state index is 13.1. The van der Waals surface area contributed by atoms with Crippen molar-refractivity contribution in [3.8, 4) is 0 Å². The van der Waals surface area contributed by atoms with E-state index in [2.05, 4.69) is 0 Å². The van der Waals surface area contributed by atoms with Crippen molar-refractivity contribution < 1.29 is 22.7 Å². The fourth-order valence-corrected chi connectivity index (χ4v) is 2.96. The quantitative estimate of drug-likeness (QED) is 0.800. The van der Waals surface area contributed by atoms with Crippen LogP contribution in [0.15, 0.2) is 30.3 Å². The van der Waals surface area contributed by atoms with Crippen molar-refractivity contribution in [2.24, 2.45) is 0 Å². The Hall–Kier alpha value is -1.21. The predicted octanol–water partition coefficient (Wildman–Crippen LogP) is 2.35. The van der Waals surface area contributed by atoms with Crippen LogP contribution in [0.4, 0.5) is 13.2 Å². The molecule has 0 aliphatic carbocycles. The van der Waals surface area contributed by atoms with E-state index in [-0.39, 0.29) is 23.3 Å². The first-order chi connectivity index (χ1) is 9.80. The fraction of sp³-hybridized carbons (Fsp3) is 0.500. The van der Waals surface area contributed by atoms with E-state index in [0.29, 0.717) is 5.56 Å². The second-order valence-corrected chi connectivity index (χ2v) is 7.34. The van der Waals surface area contributed by atoms with Gasteiger partial charge in [-0.15, -0.1) is 0 Å². The van der Waals surface area contributed by atoms with Gasteiger partial charge in [0.15, 0.2) is 5.75 Å². The highest BCUT2D eigenvalue weighted by Crippen LogP contribution is 2.38. The SMILES string of the molecule is C[S+](C)CC(=O)N1[C@H](c2ccccc2)CO[C@@H]1C(F)(F)F. The molecule has 2 rings (SSSR count). The van der Waals surface area contributed by atoms with Crippen molar-refractivity contribution in [1.29, 1.82) is 0 Å². The molecule has 0 unspecified atom stereocenters. The van der Waals surface area contributed by atoms with Crippen molar-refractivity contribution in [2.45, 2.75) is 18.4 Å². The van der Waals surface area contributed by atoms with Crippen LogP contribution >= 0.6 is 0 Å². The highest BCUT2D eigenvalue weighted by Gasteiger charge is 2.53. The number of ether oxygens (including phenoxy) is 1. The minimum absolute atomic E-state index is 0.0965. The molecule has 0 N–H and O–H groups in total. The number of benzene rings is 1. The average Bonchev–Trinajstić information content (AvgIpc) is 2.83. The van der Waals surface area contributed by atoms with Gasteiger partial charge in [0.05, 0.1) is 25.2 Å². The summed E-state index contributed by atoms with van der Waals surface area (Å²) < 4.78 is 44.1. The van der Waals surface area contributed by atoms with E-state index < -0.39 is 24.4 Å². The number of amides is 1. The molecule has 1 aliphatic rings. The molecule has 0 spiro atoms. The molecular weight excluding hydrogens is 303 g/mol. The number of halogens is 3. The Labute approximate surface area is 124 Å². The molecule has 1 saturated heterocycles. The lowest BCUT2D eigenvalue weighted by Gasteiger charge is -2.28. The topological polar surface area (TPSA) is 29.5 Å². The summed E-state index contributed by atoms with van der Waals surface area (Å²) in [5, 5.41) is 0. The van der Waals surface area contributed by atoms with E-state index in [4.69, 9.17) is 4.74 Å². The van der Waals surface area contributed by atoms with Crippen molar-refractivity contribution in [3.63, 3.8) is 0 Å². The zero-order valence-corrected chi connectivity index (χ0v) is 12.6. The number of hydrogen-bond donors (Lipinski definition) is 0. The molecule has 2 atom stereocenters. The summed E-state index contributed by atoms with van der Waals surface area (Å²) in [6.07, 6.45) is -3.08. The van der Waals surface area contributed by atoms with Crippen LogP contribution < -0.4 is 0 Å². The van der Waals surface area contributed by atoms with Crippen molar-refractivity contribution in [3.05, 3.63) is 35.9 Å². The second-order valence-electron chi connectivity index (χ2n) is 5.08. The average molecular weight is 320 g/mol. The van der Waals surface area contributed by atoms with Gasteiger partial charge in [-0.05, 0) is 16.5 Å². The molecule has 0 bridgehead atoms. The molecule has 116 valence electrons. The van der Waals surface area contributed by atoms with Crippen LogP contribution in [0.3, 0.4) is 0 Å². The van der Waals surface area contributed by atoms with Gasteiger partial charge in [0, 0.05) is 0 Å². The van der Waals surface area contributed by atoms with Gasteiger partial charge in [0.25, 0.3) is 5.91 Å². The number of nitrogens with zero attached hydrogens (tertiary/aromatic N) is 1. The lowest BCUT2D eigenvalue weighted by atomic mass is 10.1. The number of hydrogen-bond acceptors (Lipinski definition) is 2. The summed E-state index contributed by atoms with van der Waals surface area (Å²) in [6, 6.07) is 8.00. The third-order valence-corrected chi connectivity index (χ3v) is 3.99. The molecule has 0 radical (unpaired) electrons. The van der Waals surface area contributed by atoms with Crippen LogP contribution in [0.5, 0.6) is 0 Å². The van der Waals surface area contributed by atoms with E-state index in [9.17, 15) is 18.0 Å². The molecule has 1 amide bonds. The lowest BCUT2D eigenvalue weighted by Crippen LogP contribution is -2.48. The summed E-state index contributed by atoms with van der Waals surface area (Å²) >= 11 is 0. The van der Waals surface area contributed by atoms with Gasteiger partial charge in [-0.1, -0.05) is 30.3 Å². The standard InChI is InChI=1S/C14H17F3NO2S/c1-21(2)9-12(19)18-11(10-6-4-3-5-7-10)8-20-13(18)14(15,16)17/h3-7,11,13H,8-9H2,1-2H3/q+1/t11-,13+/m0/s1. The van der Waals surface area contributed by atoms with Gasteiger partial charge in [-0.25, -0.2) is 0 Å². The highest BCUT2D eigenvalue weighted by atomic mass is 32.2. The zero-order valence-electron chi connectivity index (χ0n) is 11.8. The minimum Gasteiger partial charge on any atom is -0.347 e. The summed E-state index contributed by atoms with van der Waals surface area (Å²) in [4.78, 5) is 13.1. The minimum atomic E-state index is -4.58. The molecule has 0 aromatic heterocycles. The maximum atomic E-state index is 13.1.